The number of hydrogen-bond acceptors (Lipinski definition) is 4. The van der Waals surface area contributed by atoms with Crippen LogP contribution in [0.4, 0.5) is 15.8 Å². The van der Waals surface area contributed by atoms with Crippen molar-refractivity contribution in [1.29, 1.82) is 0 Å². The summed E-state index contributed by atoms with van der Waals surface area (Å²) < 4.78 is 25.6. The Labute approximate surface area is 131 Å². The SMILES string of the molecule is C[C@@H]1CN(c2ccc(N[C@@H]3CCCOC3)cc2F)C[C@H](C)O1. The molecule has 2 aliphatic rings. The van der Waals surface area contributed by atoms with E-state index in [0.717, 1.165) is 38.2 Å². The van der Waals surface area contributed by atoms with Gasteiger partial charge in [0.25, 0.3) is 0 Å². The molecule has 1 aromatic rings. The van der Waals surface area contributed by atoms with Gasteiger partial charge in [-0.1, -0.05) is 0 Å². The zero-order chi connectivity index (χ0) is 15.5. The summed E-state index contributed by atoms with van der Waals surface area (Å²) in [4.78, 5) is 2.07. The molecule has 2 heterocycles. The third-order valence-corrected chi connectivity index (χ3v) is 4.24. The fourth-order valence-corrected chi connectivity index (χ4v) is 3.32. The molecule has 2 aliphatic heterocycles. The lowest BCUT2D eigenvalue weighted by Gasteiger charge is -2.37. The zero-order valence-electron chi connectivity index (χ0n) is 13.3. The molecule has 3 rings (SSSR count). The molecule has 0 aromatic heterocycles. The summed E-state index contributed by atoms with van der Waals surface area (Å²) in [5, 5.41) is 3.36. The van der Waals surface area contributed by atoms with Gasteiger partial charge in [-0.3, -0.25) is 0 Å². The standard InChI is InChI=1S/C17H25FN2O2/c1-12-9-20(10-13(2)22-12)17-6-5-14(8-16(17)18)19-15-4-3-7-21-11-15/h5-6,8,12-13,15,19H,3-4,7,9-11H2,1-2H3/t12-,13+,15-/m1/s1. The summed E-state index contributed by atoms with van der Waals surface area (Å²) in [6, 6.07) is 5.70. The van der Waals surface area contributed by atoms with Crippen LogP contribution in [0.3, 0.4) is 0 Å². The second kappa shape index (κ2) is 6.84. The summed E-state index contributed by atoms with van der Waals surface area (Å²) in [6.07, 6.45) is 2.38. The third kappa shape index (κ3) is 3.70. The largest absolute Gasteiger partial charge is 0.380 e. The van der Waals surface area contributed by atoms with Gasteiger partial charge in [-0.25, -0.2) is 4.39 Å². The van der Waals surface area contributed by atoms with E-state index < -0.39 is 0 Å². The van der Waals surface area contributed by atoms with Crippen molar-refractivity contribution in [2.24, 2.45) is 0 Å². The highest BCUT2D eigenvalue weighted by molar-refractivity contribution is 5.57. The van der Waals surface area contributed by atoms with Crippen molar-refractivity contribution in [3.63, 3.8) is 0 Å². The van der Waals surface area contributed by atoms with Crippen LogP contribution in [0.2, 0.25) is 0 Å². The summed E-state index contributed by atoms with van der Waals surface area (Å²) in [5.41, 5.74) is 1.48. The first kappa shape index (κ1) is 15.6. The van der Waals surface area contributed by atoms with E-state index in [9.17, 15) is 4.39 Å². The summed E-state index contributed by atoms with van der Waals surface area (Å²) in [6.45, 7) is 7.04. The monoisotopic (exact) mass is 308 g/mol. The molecule has 3 atom stereocenters. The minimum absolute atomic E-state index is 0.125. The maximum atomic E-state index is 14.5. The zero-order valence-corrected chi connectivity index (χ0v) is 13.3. The number of anilines is 2. The Morgan fingerprint density at radius 1 is 1.23 bits per heavy atom. The fourth-order valence-electron chi connectivity index (χ4n) is 3.32. The fraction of sp³-hybridized carbons (Fsp3) is 0.647. The molecule has 1 N–H and O–H groups in total. The number of hydrogen-bond donors (Lipinski definition) is 1. The molecule has 0 saturated carbocycles. The minimum atomic E-state index is -0.178. The number of nitrogens with one attached hydrogen (secondary N) is 1. The lowest BCUT2D eigenvalue weighted by Crippen LogP contribution is -2.45. The number of rotatable bonds is 3. The predicted octanol–water partition coefficient (Wildman–Crippen LogP) is 3.03. The second-order valence-electron chi connectivity index (χ2n) is 6.39. The van der Waals surface area contributed by atoms with Crippen LogP contribution in [0.25, 0.3) is 0 Å². The number of nitrogens with zero attached hydrogens (tertiary/aromatic N) is 1. The quantitative estimate of drug-likeness (QED) is 0.930. The van der Waals surface area contributed by atoms with Crippen molar-refractivity contribution in [2.45, 2.75) is 44.9 Å². The molecular weight excluding hydrogens is 283 g/mol. The van der Waals surface area contributed by atoms with Crippen LogP contribution in [0.1, 0.15) is 26.7 Å². The molecule has 0 bridgehead atoms. The highest BCUT2D eigenvalue weighted by Gasteiger charge is 2.24. The van der Waals surface area contributed by atoms with E-state index in [-0.39, 0.29) is 24.1 Å². The lowest BCUT2D eigenvalue weighted by atomic mass is 10.1. The number of morpholine rings is 1. The Hall–Kier alpha value is -1.33. The lowest BCUT2D eigenvalue weighted by molar-refractivity contribution is -0.00539. The van der Waals surface area contributed by atoms with Gasteiger partial charge in [0.2, 0.25) is 0 Å². The first-order chi connectivity index (χ1) is 10.6. The molecular formula is C17H25FN2O2. The average Bonchev–Trinajstić information content (AvgIpc) is 2.47. The molecule has 122 valence electrons. The van der Waals surface area contributed by atoms with Crippen LogP contribution in [0.15, 0.2) is 18.2 Å². The van der Waals surface area contributed by atoms with Gasteiger partial charge in [-0.2, -0.15) is 0 Å². The summed E-state index contributed by atoms with van der Waals surface area (Å²) in [7, 11) is 0. The summed E-state index contributed by atoms with van der Waals surface area (Å²) >= 11 is 0. The molecule has 0 radical (unpaired) electrons. The van der Waals surface area contributed by atoms with Crippen LogP contribution in [-0.2, 0) is 9.47 Å². The Morgan fingerprint density at radius 2 is 2.00 bits per heavy atom. The molecule has 0 amide bonds. The second-order valence-corrected chi connectivity index (χ2v) is 6.39. The normalized spacial score (nSPS) is 29.4. The molecule has 1 aromatic carbocycles. The van der Waals surface area contributed by atoms with Crippen molar-refractivity contribution in [3.8, 4) is 0 Å². The van der Waals surface area contributed by atoms with E-state index in [4.69, 9.17) is 9.47 Å². The van der Waals surface area contributed by atoms with Gasteiger partial charge in [0, 0.05) is 31.4 Å². The maximum Gasteiger partial charge on any atom is 0.148 e. The third-order valence-electron chi connectivity index (χ3n) is 4.24. The molecule has 0 spiro atoms. The van der Waals surface area contributed by atoms with Gasteiger partial charge in [-0.05, 0) is 44.9 Å². The predicted molar refractivity (Wildman–Crippen MR) is 86.1 cm³/mol. The molecule has 5 heteroatoms. The first-order valence-corrected chi connectivity index (χ1v) is 8.16. The Bertz CT molecular complexity index is 495. The van der Waals surface area contributed by atoms with E-state index in [1.807, 2.05) is 26.0 Å². The highest BCUT2D eigenvalue weighted by Crippen LogP contribution is 2.26. The average molecular weight is 308 g/mol. The molecule has 0 unspecified atom stereocenters. The van der Waals surface area contributed by atoms with E-state index >= 15 is 0 Å². The first-order valence-electron chi connectivity index (χ1n) is 8.16. The van der Waals surface area contributed by atoms with Crippen LogP contribution in [0.5, 0.6) is 0 Å². The van der Waals surface area contributed by atoms with Crippen LogP contribution < -0.4 is 10.2 Å². The summed E-state index contributed by atoms with van der Waals surface area (Å²) in [5.74, 6) is -0.178. The van der Waals surface area contributed by atoms with Crippen LogP contribution in [-0.4, -0.2) is 44.6 Å². The topological polar surface area (TPSA) is 33.7 Å². The smallest absolute Gasteiger partial charge is 0.148 e. The van der Waals surface area contributed by atoms with Crippen molar-refractivity contribution in [2.75, 3.05) is 36.5 Å². The van der Waals surface area contributed by atoms with E-state index in [1.165, 1.54) is 0 Å². The highest BCUT2D eigenvalue weighted by atomic mass is 19.1. The van der Waals surface area contributed by atoms with E-state index in [1.54, 1.807) is 6.07 Å². The Balaban J connectivity index is 1.68. The molecule has 2 fully saturated rings. The number of halogens is 1. The van der Waals surface area contributed by atoms with Gasteiger partial charge < -0.3 is 19.7 Å². The Morgan fingerprint density at radius 3 is 2.64 bits per heavy atom. The molecule has 4 nitrogen and oxygen atoms in total. The minimum Gasteiger partial charge on any atom is -0.380 e. The van der Waals surface area contributed by atoms with E-state index in [0.29, 0.717) is 12.3 Å². The van der Waals surface area contributed by atoms with Crippen LogP contribution >= 0.6 is 0 Å². The van der Waals surface area contributed by atoms with Crippen molar-refractivity contribution < 1.29 is 13.9 Å². The maximum absolute atomic E-state index is 14.5. The molecule has 22 heavy (non-hydrogen) atoms. The van der Waals surface area contributed by atoms with Gasteiger partial charge in [0.15, 0.2) is 0 Å². The van der Waals surface area contributed by atoms with Crippen LogP contribution in [0, 0.1) is 5.82 Å². The molecule has 0 aliphatic carbocycles. The van der Waals surface area contributed by atoms with Gasteiger partial charge >= 0.3 is 0 Å². The van der Waals surface area contributed by atoms with Gasteiger partial charge in [0.05, 0.1) is 24.5 Å². The van der Waals surface area contributed by atoms with Crippen molar-refractivity contribution in [1.82, 2.24) is 0 Å². The number of benzene rings is 1. The van der Waals surface area contributed by atoms with Gasteiger partial charge in [-0.15, -0.1) is 0 Å². The van der Waals surface area contributed by atoms with Crippen molar-refractivity contribution >= 4 is 11.4 Å². The van der Waals surface area contributed by atoms with Gasteiger partial charge in [0.1, 0.15) is 5.82 Å². The van der Waals surface area contributed by atoms with Crippen molar-refractivity contribution in [3.05, 3.63) is 24.0 Å². The van der Waals surface area contributed by atoms with E-state index in [2.05, 4.69) is 10.2 Å². The molecule has 2 saturated heterocycles. The Kier molecular flexibility index (Phi) is 4.84. The number of ether oxygens (including phenoxy) is 2.